The second-order valence-corrected chi connectivity index (χ2v) is 9.44. The molecule has 7 heteroatoms. The van der Waals surface area contributed by atoms with Gasteiger partial charge < -0.3 is 0 Å². The molecule has 1 fully saturated rings. The highest BCUT2D eigenvalue weighted by Gasteiger charge is 2.30. The maximum atomic E-state index is 12.2. The van der Waals surface area contributed by atoms with Gasteiger partial charge in [0.1, 0.15) is 0 Å². The molecule has 1 aromatic heterocycles. The van der Waals surface area contributed by atoms with Crippen LogP contribution in [-0.4, -0.2) is 39.0 Å². The molecule has 0 bridgehead atoms. The lowest BCUT2D eigenvalue weighted by Gasteiger charge is -2.24. The summed E-state index contributed by atoms with van der Waals surface area (Å²) < 4.78 is 28.0. The van der Waals surface area contributed by atoms with Crippen LogP contribution in [0.4, 0.5) is 0 Å². The number of hydrogen-bond acceptors (Lipinski definition) is 4. The van der Waals surface area contributed by atoms with E-state index < -0.39 is 10.0 Å². The van der Waals surface area contributed by atoms with Gasteiger partial charge in [-0.3, -0.25) is 4.90 Å². The molecule has 19 heavy (non-hydrogen) atoms. The van der Waals surface area contributed by atoms with E-state index in [-0.39, 0.29) is 6.04 Å². The molecular weight excluding hydrogens is 348 g/mol. The SMILES string of the molecule is Cc1sc(Br)cc1S(=O)(=O)NCC(C)N(C)C1CC1. The largest absolute Gasteiger partial charge is 0.299 e. The van der Waals surface area contributed by atoms with Crippen molar-refractivity contribution >= 4 is 37.3 Å². The van der Waals surface area contributed by atoms with Gasteiger partial charge in [0, 0.05) is 23.5 Å². The zero-order chi connectivity index (χ0) is 14.2. The summed E-state index contributed by atoms with van der Waals surface area (Å²) in [6.45, 7) is 4.32. The van der Waals surface area contributed by atoms with Crippen LogP contribution in [0.3, 0.4) is 0 Å². The van der Waals surface area contributed by atoms with Gasteiger partial charge in [0.25, 0.3) is 0 Å². The number of nitrogens with one attached hydrogen (secondary N) is 1. The summed E-state index contributed by atoms with van der Waals surface area (Å²) in [6.07, 6.45) is 2.45. The maximum absolute atomic E-state index is 12.2. The van der Waals surface area contributed by atoms with Crippen LogP contribution in [0, 0.1) is 6.92 Å². The summed E-state index contributed by atoms with van der Waals surface area (Å²) in [4.78, 5) is 3.44. The Hall–Kier alpha value is 0.0500. The number of aryl methyl sites for hydroxylation is 1. The quantitative estimate of drug-likeness (QED) is 0.841. The average molecular weight is 367 g/mol. The number of nitrogens with zero attached hydrogens (tertiary/aromatic N) is 1. The molecule has 0 amide bonds. The van der Waals surface area contributed by atoms with Gasteiger partial charge in [0.2, 0.25) is 10.0 Å². The first kappa shape index (κ1) is 15.4. The van der Waals surface area contributed by atoms with Crippen LogP contribution in [0.15, 0.2) is 14.7 Å². The molecule has 1 unspecified atom stereocenters. The van der Waals surface area contributed by atoms with Crippen molar-refractivity contribution in [3.8, 4) is 0 Å². The number of rotatable bonds is 6. The van der Waals surface area contributed by atoms with Crippen molar-refractivity contribution in [1.29, 1.82) is 0 Å². The highest BCUT2D eigenvalue weighted by molar-refractivity contribution is 9.11. The molecule has 0 saturated heterocycles. The zero-order valence-corrected chi connectivity index (χ0v) is 14.5. The number of halogens is 1. The van der Waals surface area contributed by atoms with E-state index in [1.54, 1.807) is 6.07 Å². The van der Waals surface area contributed by atoms with Crippen LogP contribution in [0.1, 0.15) is 24.6 Å². The standard InChI is InChI=1S/C12H19BrN2O2S2/c1-8(15(3)10-4-5-10)7-14-19(16,17)11-6-12(13)18-9(11)2/h6,8,10,14H,4-5,7H2,1-3H3. The molecule has 108 valence electrons. The Morgan fingerprint density at radius 3 is 2.68 bits per heavy atom. The molecule has 1 N–H and O–H groups in total. The van der Waals surface area contributed by atoms with E-state index in [2.05, 4.69) is 39.5 Å². The molecular formula is C12H19BrN2O2S2. The normalized spacial score (nSPS) is 17.9. The van der Waals surface area contributed by atoms with E-state index >= 15 is 0 Å². The van der Waals surface area contributed by atoms with E-state index in [4.69, 9.17) is 0 Å². The van der Waals surface area contributed by atoms with Gasteiger partial charge in [-0.2, -0.15) is 0 Å². The van der Waals surface area contributed by atoms with Gasteiger partial charge in [-0.05, 0) is 55.7 Å². The minimum absolute atomic E-state index is 0.213. The fourth-order valence-electron chi connectivity index (χ4n) is 1.99. The van der Waals surface area contributed by atoms with E-state index in [0.29, 0.717) is 17.5 Å². The van der Waals surface area contributed by atoms with Crippen molar-refractivity contribution in [2.45, 2.75) is 43.7 Å². The fourth-order valence-corrected chi connectivity index (χ4v) is 5.53. The Bertz CT molecular complexity index is 552. The van der Waals surface area contributed by atoms with Gasteiger partial charge >= 0.3 is 0 Å². The molecule has 0 spiro atoms. The van der Waals surface area contributed by atoms with Crippen molar-refractivity contribution in [1.82, 2.24) is 9.62 Å². The summed E-state index contributed by atoms with van der Waals surface area (Å²) in [5.74, 6) is 0. The van der Waals surface area contributed by atoms with E-state index in [0.717, 1.165) is 8.66 Å². The van der Waals surface area contributed by atoms with Crippen LogP contribution in [0.25, 0.3) is 0 Å². The van der Waals surface area contributed by atoms with E-state index in [1.807, 2.05) is 6.92 Å². The molecule has 0 radical (unpaired) electrons. The first-order valence-corrected chi connectivity index (χ1v) is 9.38. The molecule has 1 aromatic rings. The number of sulfonamides is 1. The Kier molecular flexibility index (Phi) is 4.72. The monoisotopic (exact) mass is 366 g/mol. The lowest BCUT2D eigenvalue weighted by atomic mass is 10.3. The molecule has 0 aliphatic heterocycles. The Morgan fingerprint density at radius 1 is 1.58 bits per heavy atom. The highest BCUT2D eigenvalue weighted by atomic mass is 79.9. The third-order valence-corrected chi connectivity index (χ3v) is 6.75. The molecule has 1 saturated carbocycles. The third-order valence-electron chi connectivity index (χ3n) is 3.52. The summed E-state index contributed by atoms with van der Waals surface area (Å²) in [5.41, 5.74) is 0. The van der Waals surface area contributed by atoms with Crippen LogP contribution < -0.4 is 4.72 Å². The summed E-state index contributed by atoms with van der Waals surface area (Å²) in [6, 6.07) is 2.51. The van der Waals surface area contributed by atoms with Crippen molar-refractivity contribution in [2.24, 2.45) is 0 Å². The van der Waals surface area contributed by atoms with Crippen molar-refractivity contribution in [3.05, 3.63) is 14.7 Å². The first-order valence-electron chi connectivity index (χ1n) is 6.29. The number of hydrogen-bond donors (Lipinski definition) is 1. The fraction of sp³-hybridized carbons (Fsp3) is 0.667. The van der Waals surface area contributed by atoms with Gasteiger partial charge in [0.05, 0.1) is 8.68 Å². The van der Waals surface area contributed by atoms with Gasteiger partial charge in [-0.25, -0.2) is 13.1 Å². The third kappa shape index (κ3) is 3.78. The molecule has 1 aliphatic carbocycles. The summed E-state index contributed by atoms with van der Waals surface area (Å²) in [5, 5.41) is 0. The minimum Gasteiger partial charge on any atom is -0.299 e. The topological polar surface area (TPSA) is 49.4 Å². The first-order chi connectivity index (χ1) is 8.81. The zero-order valence-electron chi connectivity index (χ0n) is 11.3. The molecule has 1 heterocycles. The summed E-state index contributed by atoms with van der Waals surface area (Å²) >= 11 is 4.76. The Labute approximate surface area is 127 Å². The smallest absolute Gasteiger partial charge is 0.241 e. The molecule has 4 nitrogen and oxygen atoms in total. The number of thiophene rings is 1. The van der Waals surface area contributed by atoms with Crippen molar-refractivity contribution < 1.29 is 8.42 Å². The van der Waals surface area contributed by atoms with Crippen molar-refractivity contribution in [2.75, 3.05) is 13.6 Å². The van der Waals surface area contributed by atoms with Gasteiger partial charge in [-0.1, -0.05) is 0 Å². The molecule has 2 rings (SSSR count). The van der Waals surface area contributed by atoms with Crippen LogP contribution >= 0.6 is 27.3 Å². The van der Waals surface area contributed by atoms with Gasteiger partial charge in [0.15, 0.2) is 0 Å². The van der Waals surface area contributed by atoms with Crippen LogP contribution in [0.5, 0.6) is 0 Å². The van der Waals surface area contributed by atoms with Gasteiger partial charge in [-0.15, -0.1) is 11.3 Å². The number of likely N-dealkylation sites (N-methyl/N-ethyl adjacent to an activating group) is 1. The van der Waals surface area contributed by atoms with E-state index in [1.165, 1.54) is 24.2 Å². The second-order valence-electron chi connectivity index (χ2n) is 5.07. The predicted octanol–water partition coefficient (Wildman–Crippen LogP) is 2.58. The maximum Gasteiger partial charge on any atom is 0.241 e. The molecule has 1 aliphatic rings. The molecule has 0 aromatic carbocycles. The van der Waals surface area contributed by atoms with E-state index in [9.17, 15) is 8.42 Å². The lowest BCUT2D eigenvalue weighted by Crippen LogP contribution is -2.41. The van der Waals surface area contributed by atoms with Crippen LogP contribution in [-0.2, 0) is 10.0 Å². The second kappa shape index (κ2) is 5.81. The van der Waals surface area contributed by atoms with Crippen LogP contribution in [0.2, 0.25) is 0 Å². The Morgan fingerprint density at radius 2 is 2.21 bits per heavy atom. The molecule has 1 atom stereocenters. The predicted molar refractivity (Wildman–Crippen MR) is 82.2 cm³/mol. The minimum atomic E-state index is -3.40. The Balaban J connectivity index is 1.99. The highest BCUT2D eigenvalue weighted by Crippen LogP contribution is 2.30. The summed E-state index contributed by atoms with van der Waals surface area (Å²) in [7, 11) is -1.34. The lowest BCUT2D eigenvalue weighted by molar-refractivity contribution is 0.248. The average Bonchev–Trinajstić information content (AvgIpc) is 3.11. The van der Waals surface area contributed by atoms with Crippen molar-refractivity contribution in [3.63, 3.8) is 0 Å².